The summed E-state index contributed by atoms with van der Waals surface area (Å²) < 4.78 is 0. The van der Waals surface area contributed by atoms with Gasteiger partial charge in [0.25, 0.3) is 0 Å². The average molecular weight is 319 g/mol. The number of amides is 1. The SMILES string of the molecule is Cc1ccc(NC(=O)CN=Cc2cc(Cl)ccc2O)c(O)c1. The predicted octanol–water partition coefficient (Wildman–Crippen LogP) is 3.12. The molecule has 3 N–H and O–H groups in total. The fourth-order valence-electron chi connectivity index (χ4n) is 1.79. The Morgan fingerprint density at radius 1 is 1.23 bits per heavy atom. The van der Waals surface area contributed by atoms with Crippen LogP contribution in [-0.4, -0.2) is 28.9 Å². The smallest absolute Gasteiger partial charge is 0.246 e. The van der Waals surface area contributed by atoms with Crippen LogP contribution >= 0.6 is 11.6 Å². The molecule has 1 amide bonds. The minimum atomic E-state index is -0.378. The van der Waals surface area contributed by atoms with E-state index in [4.69, 9.17) is 11.6 Å². The Bertz CT molecular complexity index is 729. The monoisotopic (exact) mass is 318 g/mol. The van der Waals surface area contributed by atoms with Crippen LogP contribution in [0.5, 0.6) is 11.5 Å². The van der Waals surface area contributed by atoms with Crippen LogP contribution in [0.15, 0.2) is 41.4 Å². The molecule has 5 nitrogen and oxygen atoms in total. The summed E-state index contributed by atoms with van der Waals surface area (Å²) in [5.41, 5.74) is 1.65. The second kappa shape index (κ2) is 6.95. The highest BCUT2D eigenvalue weighted by atomic mass is 35.5. The summed E-state index contributed by atoms with van der Waals surface area (Å²) in [5.74, 6) is -0.341. The predicted molar refractivity (Wildman–Crippen MR) is 87.1 cm³/mol. The first-order valence-electron chi connectivity index (χ1n) is 6.53. The van der Waals surface area contributed by atoms with Gasteiger partial charge in [-0.05, 0) is 42.8 Å². The van der Waals surface area contributed by atoms with Gasteiger partial charge in [0, 0.05) is 16.8 Å². The van der Waals surface area contributed by atoms with E-state index < -0.39 is 0 Å². The molecule has 0 aliphatic carbocycles. The lowest BCUT2D eigenvalue weighted by Gasteiger charge is -2.06. The summed E-state index contributed by atoms with van der Waals surface area (Å²) in [4.78, 5) is 15.7. The molecule has 114 valence electrons. The van der Waals surface area contributed by atoms with E-state index in [1.54, 1.807) is 30.3 Å². The minimum absolute atomic E-state index is 0.00446. The molecule has 0 bridgehead atoms. The normalized spacial score (nSPS) is 10.8. The molecule has 0 radical (unpaired) electrons. The van der Waals surface area contributed by atoms with Gasteiger partial charge in [-0.2, -0.15) is 0 Å². The van der Waals surface area contributed by atoms with Crippen molar-refractivity contribution in [3.05, 3.63) is 52.5 Å². The maximum Gasteiger partial charge on any atom is 0.246 e. The fourth-order valence-corrected chi connectivity index (χ4v) is 1.97. The number of aromatic hydroxyl groups is 2. The second-order valence-electron chi connectivity index (χ2n) is 4.74. The maximum absolute atomic E-state index is 11.8. The lowest BCUT2D eigenvalue weighted by molar-refractivity contribution is -0.114. The van der Waals surface area contributed by atoms with Gasteiger partial charge in [0.2, 0.25) is 5.91 Å². The van der Waals surface area contributed by atoms with Crippen LogP contribution in [0.4, 0.5) is 5.69 Å². The number of carbonyl (C=O) groups excluding carboxylic acids is 1. The number of nitrogens with zero attached hydrogens (tertiary/aromatic N) is 1. The van der Waals surface area contributed by atoms with E-state index in [1.165, 1.54) is 12.3 Å². The molecule has 0 aliphatic rings. The van der Waals surface area contributed by atoms with Crippen molar-refractivity contribution in [2.24, 2.45) is 4.99 Å². The number of anilines is 1. The average Bonchev–Trinajstić information content (AvgIpc) is 2.46. The Labute approximate surface area is 132 Å². The molecule has 0 saturated heterocycles. The lowest BCUT2D eigenvalue weighted by atomic mass is 10.2. The van der Waals surface area contributed by atoms with Gasteiger partial charge >= 0.3 is 0 Å². The molecule has 22 heavy (non-hydrogen) atoms. The second-order valence-corrected chi connectivity index (χ2v) is 5.18. The summed E-state index contributed by atoms with van der Waals surface area (Å²) >= 11 is 5.82. The van der Waals surface area contributed by atoms with E-state index in [0.717, 1.165) is 5.56 Å². The van der Waals surface area contributed by atoms with E-state index in [0.29, 0.717) is 16.3 Å². The third-order valence-electron chi connectivity index (χ3n) is 2.88. The quantitative estimate of drug-likeness (QED) is 0.598. The Morgan fingerprint density at radius 2 is 2.00 bits per heavy atom. The summed E-state index contributed by atoms with van der Waals surface area (Å²) in [5, 5.41) is 22.3. The number of benzene rings is 2. The van der Waals surface area contributed by atoms with Crippen molar-refractivity contribution in [1.29, 1.82) is 0 Å². The Kier molecular flexibility index (Phi) is 5.01. The van der Waals surface area contributed by atoms with Crippen molar-refractivity contribution in [3.8, 4) is 11.5 Å². The van der Waals surface area contributed by atoms with E-state index in [-0.39, 0.29) is 24.0 Å². The van der Waals surface area contributed by atoms with Crippen LogP contribution < -0.4 is 5.32 Å². The first-order valence-corrected chi connectivity index (χ1v) is 6.91. The van der Waals surface area contributed by atoms with Crippen molar-refractivity contribution in [1.82, 2.24) is 0 Å². The zero-order valence-electron chi connectivity index (χ0n) is 11.9. The number of hydrogen-bond acceptors (Lipinski definition) is 4. The third kappa shape index (κ3) is 4.23. The van der Waals surface area contributed by atoms with E-state index >= 15 is 0 Å². The summed E-state index contributed by atoms with van der Waals surface area (Å²) in [6, 6.07) is 9.51. The summed E-state index contributed by atoms with van der Waals surface area (Å²) in [6.07, 6.45) is 1.37. The van der Waals surface area contributed by atoms with E-state index in [2.05, 4.69) is 10.3 Å². The molecule has 2 rings (SSSR count). The van der Waals surface area contributed by atoms with Crippen molar-refractivity contribution >= 4 is 29.4 Å². The highest BCUT2D eigenvalue weighted by Crippen LogP contribution is 2.23. The molecule has 0 aromatic heterocycles. The number of carbonyl (C=O) groups is 1. The highest BCUT2D eigenvalue weighted by molar-refractivity contribution is 6.30. The molecular weight excluding hydrogens is 304 g/mol. The number of phenols is 2. The molecule has 0 spiro atoms. The Hall–Kier alpha value is -2.53. The van der Waals surface area contributed by atoms with Crippen molar-refractivity contribution < 1.29 is 15.0 Å². The topological polar surface area (TPSA) is 81.9 Å². The largest absolute Gasteiger partial charge is 0.507 e. The van der Waals surface area contributed by atoms with Crippen LogP contribution in [0.25, 0.3) is 0 Å². The summed E-state index contributed by atoms with van der Waals surface area (Å²) in [7, 11) is 0. The number of halogens is 1. The van der Waals surface area contributed by atoms with Gasteiger partial charge in [0.1, 0.15) is 18.0 Å². The zero-order valence-corrected chi connectivity index (χ0v) is 12.6. The van der Waals surface area contributed by atoms with E-state index in [9.17, 15) is 15.0 Å². The minimum Gasteiger partial charge on any atom is -0.507 e. The Morgan fingerprint density at radius 3 is 2.73 bits per heavy atom. The van der Waals surface area contributed by atoms with Gasteiger partial charge in [-0.15, -0.1) is 0 Å². The van der Waals surface area contributed by atoms with Crippen LogP contribution in [0, 0.1) is 6.92 Å². The standard InChI is InChI=1S/C16H15ClN2O3/c1-10-2-4-13(15(21)6-10)19-16(22)9-18-8-11-7-12(17)3-5-14(11)20/h2-8,20-21H,9H2,1H3,(H,19,22). The number of hydrogen-bond donors (Lipinski definition) is 3. The van der Waals surface area contributed by atoms with Crippen molar-refractivity contribution in [2.45, 2.75) is 6.92 Å². The molecule has 2 aromatic carbocycles. The number of nitrogens with one attached hydrogen (secondary N) is 1. The van der Waals surface area contributed by atoms with E-state index in [1.807, 2.05) is 6.92 Å². The van der Waals surface area contributed by atoms with Crippen LogP contribution in [-0.2, 0) is 4.79 Å². The lowest BCUT2D eigenvalue weighted by Crippen LogP contribution is -2.15. The number of aliphatic imine (C=N–C) groups is 1. The van der Waals surface area contributed by atoms with Crippen LogP contribution in [0.3, 0.4) is 0 Å². The first-order chi connectivity index (χ1) is 10.5. The fraction of sp³-hybridized carbons (Fsp3) is 0.125. The molecule has 6 heteroatoms. The Balaban J connectivity index is 1.98. The maximum atomic E-state index is 11.8. The molecule has 0 saturated carbocycles. The molecule has 0 unspecified atom stereocenters. The summed E-state index contributed by atoms with van der Waals surface area (Å²) in [6.45, 7) is 1.70. The first kappa shape index (κ1) is 15.9. The van der Waals surface area contributed by atoms with Gasteiger partial charge in [-0.3, -0.25) is 9.79 Å². The zero-order chi connectivity index (χ0) is 16.1. The van der Waals surface area contributed by atoms with Crippen molar-refractivity contribution in [2.75, 3.05) is 11.9 Å². The molecule has 0 heterocycles. The van der Waals surface area contributed by atoms with Crippen LogP contribution in [0.1, 0.15) is 11.1 Å². The van der Waals surface area contributed by atoms with Gasteiger partial charge in [-0.25, -0.2) is 0 Å². The molecule has 0 atom stereocenters. The highest BCUT2D eigenvalue weighted by Gasteiger charge is 2.06. The number of aryl methyl sites for hydroxylation is 1. The van der Waals surface area contributed by atoms with Gasteiger partial charge in [-0.1, -0.05) is 17.7 Å². The van der Waals surface area contributed by atoms with Gasteiger partial charge in [0.05, 0.1) is 5.69 Å². The number of phenolic OH excluding ortho intramolecular Hbond substituents is 2. The third-order valence-corrected chi connectivity index (χ3v) is 3.12. The van der Waals surface area contributed by atoms with Gasteiger partial charge in [0.15, 0.2) is 0 Å². The van der Waals surface area contributed by atoms with Crippen molar-refractivity contribution in [3.63, 3.8) is 0 Å². The molecule has 0 aliphatic heterocycles. The van der Waals surface area contributed by atoms with Gasteiger partial charge < -0.3 is 15.5 Å². The molecule has 2 aromatic rings. The molecule has 0 fully saturated rings. The molecular formula is C16H15ClN2O3. The van der Waals surface area contributed by atoms with Crippen LogP contribution in [0.2, 0.25) is 5.02 Å². The number of rotatable bonds is 4.